The van der Waals surface area contributed by atoms with Gasteiger partial charge < -0.3 is 81.4 Å². The molecule has 0 bridgehead atoms. The molecule has 0 spiro atoms. The summed E-state index contributed by atoms with van der Waals surface area (Å²) in [6.45, 7) is -1.96. The summed E-state index contributed by atoms with van der Waals surface area (Å²) in [6, 6.07) is -3.38. The summed E-state index contributed by atoms with van der Waals surface area (Å²) in [5.74, 6) is -0.789. The first kappa shape index (κ1) is 29.9. The fraction of sp³-hybridized carbons (Fsp3) is 1.00. The lowest BCUT2D eigenvalue weighted by Crippen LogP contribution is -2.68. The van der Waals surface area contributed by atoms with Crippen molar-refractivity contribution < 1.29 is 64.2 Å². The fourth-order valence-electron chi connectivity index (χ4n) is 4.62. The van der Waals surface area contributed by atoms with Crippen molar-refractivity contribution in [3.05, 3.63) is 0 Å². The highest BCUT2D eigenvalue weighted by molar-refractivity contribution is 4.97. The molecule has 0 aliphatic carbocycles. The molecule has 0 aromatic heterocycles. The van der Waals surface area contributed by atoms with Gasteiger partial charge in [0.1, 0.15) is 36.6 Å². The van der Waals surface area contributed by atoms with Gasteiger partial charge in [0.25, 0.3) is 0 Å². The summed E-state index contributed by atoms with van der Waals surface area (Å²) < 4.78 is 33.1. The Morgan fingerprint density at radius 3 is 1.75 bits per heavy atom. The smallest absolute Gasteiger partial charge is 0.176 e. The number of nitrogens with two attached hydrogens (primary N) is 3. The first-order chi connectivity index (χ1) is 17.1. The highest BCUT2D eigenvalue weighted by atomic mass is 16.7. The number of hydrogen-bond donors (Lipinski definition) is 10. The van der Waals surface area contributed by atoms with E-state index in [1.165, 1.54) is 7.11 Å². The van der Waals surface area contributed by atoms with Gasteiger partial charge in [-0.1, -0.05) is 0 Å². The molecule has 0 aromatic carbocycles. The lowest BCUT2D eigenvalue weighted by molar-refractivity contribution is -0.332. The van der Waals surface area contributed by atoms with Crippen LogP contribution in [0.1, 0.15) is 0 Å². The molecular weight excluding hydrogens is 490 g/mol. The SMILES string of the molecule is COC1OC(CO)C(COC2OC(CO)C(OC3OC(CO)C(O)C(O)C3N)C(O)C2N)C(O)C1N. The number of hydrogen-bond acceptors (Lipinski definition) is 16. The molecule has 36 heavy (non-hydrogen) atoms. The van der Waals surface area contributed by atoms with Crippen molar-refractivity contribution >= 4 is 0 Å². The molecule has 16 heteroatoms. The number of methoxy groups -OCH3 is 1. The monoisotopic (exact) mass is 529 g/mol. The van der Waals surface area contributed by atoms with Crippen LogP contribution in [0.3, 0.4) is 0 Å². The number of aliphatic hydroxyl groups is 7. The van der Waals surface area contributed by atoms with Crippen LogP contribution in [0.25, 0.3) is 0 Å². The molecule has 0 amide bonds. The van der Waals surface area contributed by atoms with Gasteiger partial charge >= 0.3 is 0 Å². The molecule has 15 atom stereocenters. The Hall–Kier alpha value is -0.640. The highest BCUT2D eigenvalue weighted by Crippen LogP contribution is 2.30. The Morgan fingerprint density at radius 1 is 0.639 bits per heavy atom. The molecule has 16 nitrogen and oxygen atoms in total. The van der Waals surface area contributed by atoms with Crippen LogP contribution in [0.2, 0.25) is 0 Å². The van der Waals surface area contributed by atoms with Gasteiger partial charge in [0.2, 0.25) is 0 Å². The van der Waals surface area contributed by atoms with Crippen molar-refractivity contribution in [2.24, 2.45) is 23.1 Å². The zero-order valence-electron chi connectivity index (χ0n) is 19.8. The van der Waals surface area contributed by atoms with Crippen LogP contribution in [-0.4, -0.2) is 155 Å². The Bertz CT molecular complexity index is 677. The largest absolute Gasteiger partial charge is 0.394 e. The van der Waals surface area contributed by atoms with E-state index >= 15 is 0 Å². The molecular formula is C20H39N3O13. The van der Waals surface area contributed by atoms with Crippen LogP contribution in [0.15, 0.2) is 0 Å². The van der Waals surface area contributed by atoms with Crippen LogP contribution in [0.5, 0.6) is 0 Å². The zero-order valence-corrected chi connectivity index (χ0v) is 19.8. The van der Waals surface area contributed by atoms with Crippen molar-refractivity contribution in [3.8, 4) is 0 Å². The minimum absolute atomic E-state index is 0.232. The van der Waals surface area contributed by atoms with E-state index in [2.05, 4.69) is 0 Å². The Labute approximate surface area is 207 Å². The van der Waals surface area contributed by atoms with Gasteiger partial charge in [0.05, 0.1) is 56.8 Å². The van der Waals surface area contributed by atoms with Crippen LogP contribution in [0.4, 0.5) is 0 Å². The van der Waals surface area contributed by atoms with E-state index in [9.17, 15) is 35.7 Å². The van der Waals surface area contributed by atoms with Gasteiger partial charge in [-0.2, -0.15) is 0 Å². The van der Waals surface area contributed by atoms with E-state index in [1.807, 2.05) is 0 Å². The van der Waals surface area contributed by atoms with E-state index in [0.29, 0.717) is 0 Å². The molecule has 3 saturated heterocycles. The fourth-order valence-corrected chi connectivity index (χ4v) is 4.62. The lowest BCUT2D eigenvalue weighted by atomic mass is 9.88. The van der Waals surface area contributed by atoms with Crippen molar-refractivity contribution in [3.63, 3.8) is 0 Å². The summed E-state index contributed by atoms with van der Waals surface area (Å²) in [7, 11) is 1.35. The summed E-state index contributed by atoms with van der Waals surface area (Å²) in [4.78, 5) is 0. The molecule has 13 N–H and O–H groups in total. The third-order valence-electron chi connectivity index (χ3n) is 6.92. The predicted molar refractivity (Wildman–Crippen MR) is 117 cm³/mol. The second-order valence-corrected chi connectivity index (χ2v) is 9.20. The summed E-state index contributed by atoms with van der Waals surface area (Å²) in [5.41, 5.74) is 17.9. The van der Waals surface area contributed by atoms with Gasteiger partial charge in [0, 0.05) is 13.0 Å². The second-order valence-electron chi connectivity index (χ2n) is 9.20. The van der Waals surface area contributed by atoms with Gasteiger partial charge in [-0.25, -0.2) is 0 Å². The average Bonchev–Trinajstić information content (AvgIpc) is 2.88. The molecule has 0 aromatic rings. The maximum atomic E-state index is 10.8. The predicted octanol–water partition coefficient (Wildman–Crippen LogP) is -6.77. The van der Waals surface area contributed by atoms with Gasteiger partial charge in [-0.15, -0.1) is 0 Å². The molecule has 3 aliphatic heterocycles. The quantitative estimate of drug-likeness (QED) is 0.133. The molecule has 3 rings (SSSR count). The van der Waals surface area contributed by atoms with E-state index in [1.54, 1.807) is 0 Å². The standard InChI is InChI=1S/C20H39N3O13/c1-31-18-10(21)13(27)6(7(2-24)33-18)5-32-19-12(23)16(30)17(9(4-26)35-19)36-20-11(22)15(29)14(28)8(3-25)34-20/h6-20,24-30H,2-5,21-23H2,1H3. The number of rotatable bonds is 9. The summed E-state index contributed by atoms with van der Waals surface area (Å²) >= 11 is 0. The molecule has 15 unspecified atom stereocenters. The van der Waals surface area contributed by atoms with E-state index in [0.717, 1.165) is 0 Å². The van der Waals surface area contributed by atoms with E-state index in [-0.39, 0.29) is 6.61 Å². The van der Waals surface area contributed by atoms with Gasteiger partial charge in [0.15, 0.2) is 18.9 Å². The molecule has 3 aliphatic rings. The van der Waals surface area contributed by atoms with Crippen LogP contribution < -0.4 is 17.2 Å². The van der Waals surface area contributed by atoms with Crippen LogP contribution >= 0.6 is 0 Å². The van der Waals surface area contributed by atoms with Crippen molar-refractivity contribution in [1.82, 2.24) is 0 Å². The summed E-state index contributed by atoms with van der Waals surface area (Å²) in [6.07, 6.45) is -13.7. The maximum Gasteiger partial charge on any atom is 0.176 e. The average molecular weight is 530 g/mol. The molecule has 3 heterocycles. The van der Waals surface area contributed by atoms with Crippen molar-refractivity contribution in [2.45, 2.75) is 85.8 Å². The van der Waals surface area contributed by atoms with Crippen LogP contribution in [-0.2, 0) is 28.4 Å². The van der Waals surface area contributed by atoms with E-state index in [4.69, 9.17) is 45.6 Å². The number of ether oxygens (including phenoxy) is 6. The first-order valence-corrected chi connectivity index (χ1v) is 11.7. The van der Waals surface area contributed by atoms with E-state index < -0.39 is 112 Å². The first-order valence-electron chi connectivity index (χ1n) is 11.7. The number of aliphatic hydroxyl groups excluding tert-OH is 7. The minimum atomic E-state index is -1.49. The van der Waals surface area contributed by atoms with Crippen molar-refractivity contribution in [2.75, 3.05) is 33.5 Å². The minimum Gasteiger partial charge on any atom is -0.394 e. The Balaban J connectivity index is 1.65. The molecule has 0 radical (unpaired) electrons. The van der Waals surface area contributed by atoms with Gasteiger partial charge in [-0.3, -0.25) is 0 Å². The molecule has 0 saturated carbocycles. The normalized spacial score (nSPS) is 50.2. The Morgan fingerprint density at radius 2 is 1.17 bits per heavy atom. The maximum absolute atomic E-state index is 10.8. The second kappa shape index (κ2) is 12.9. The highest BCUT2D eigenvalue weighted by Gasteiger charge is 2.50. The topological polar surface area (TPSA) is 275 Å². The molecule has 3 fully saturated rings. The van der Waals surface area contributed by atoms with Gasteiger partial charge in [-0.05, 0) is 0 Å². The molecule has 212 valence electrons. The zero-order chi connectivity index (χ0) is 26.7. The third-order valence-corrected chi connectivity index (χ3v) is 6.92. The van der Waals surface area contributed by atoms with Crippen molar-refractivity contribution in [1.29, 1.82) is 0 Å². The summed E-state index contributed by atoms with van der Waals surface area (Å²) in [5, 5.41) is 70.4. The third kappa shape index (κ3) is 5.99. The Kier molecular flexibility index (Phi) is 10.8. The van der Waals surface area contributed by atoms with Crippen LogP contribution in [0, 0.1) is 5.92 Å². The lowest BCUT2D eigenvalue weighted by Gasteiger charge is -2.47.